The van der Waals surface area contributed by atoms with Crippen molar-refractivity contribution in [1.29, 1.82) is 0 Å². The van der Waals surface area contributed by atoms with Crippen LogP contribution in [0.3, 0.4) is 0 Å². The number of hydrogen-bond acceptors (Lipinski definition) is 2. The summed E-state index contributed by atoms with van der Waals surface area (Å²) in [6.07, 6.45) is 2.17. The van der Waals surface area contributed by atoms with Gasteiger partial charge in [-0.2, -0.15) is 0 Å². The first-order valence-electron chi connectivity index (χ1n) is 6.44. The summed E-state index contributed by atoms with van der Waals surface area (Å²) >= 11 is 9.41. The van der Waals surface area contributed by atoms with Crippen LogP contribution < -0.4 is 10.6 Å². The van der Waals surface area contributed by atoms with Gasteiger partial charge in [-0.3, -0.25) is 4.79 Å². The molecule has 0 spiro atoms. The minimum Gasteiger partial charge on any atom is -0.351 e. The number of rotatable bonds is 3. The van der Waals surface area contributed by atoms with Crippen LogP contribution in [0.25, 0.3) is 0 Å². The van der Waals surface area contributed by atoms with E-state index in [1.807, 2.05) is 6.07 Å². The lowest BCUT2D eigenvalue weighted by atomic mass is 9.81. The predicted molar refractivity (Wildman–Crippen MR) is 81.7 cm³/mol. The summed E-state index contributed by atoms with van der Waals surface area (Å²) in [7, 11) is 0. The monoisotopic (exact) mass is 344 g/mol. The van der Waals surface area contributed by atoms with Gasteiger partial charge in [-0.25, -0.2) is 0 Å². The molecule has 1 saturated heterocycles. The summed E-state index contributed by atoms with van der Waals surface area (Å²) in [4.78, 5) is 12.1. The Morgan fingerprint density at radius 3 is 2.79 bits per heavy atom. The van der Waals surface area contributed by atoms with E-state index in [9.17, 15) is 4.79 Å². The Bertz CT molecular complexity index is 473. The van der Waals surface area contributed by atoms with Gasteiger partial charge in [-0.15, -0.1) is 0 Å². The maximum absolute atomic E-state index is 12.1. The van der Waals surface area contributed by atoms with Gasteiger partial charge in [-0.1, -0.05) is 34.5 Å². The number of piperidine rings is 1. The van der Waals surface area contributed by atoms with Crippen LogP contribution in [0.15, 0.2) is 22.7 Å². The smallest absolute Gasteiger partial charge is 0.252 e. The highest BCUT2D eigenvalue weighted by Crippen LogP contribution is 2.27. The quantitative estimate of drug-likeness (QED) is 0.883. The summed E-state index contributed by atoms with van der Waals surface area (Å²) in [5.74, 6) is -0.0998. The highest BCUT2D eigenvalue weighted by molar-refractivity contribution is 9.10. The Kier molecular flexibility index (Phi) is 4.87. The lowest BCUT2D eigenvalue weighted by molar-refractivity contribution is 0.0922. The Labute approximate surface area is 127 Å². The molecule has 2 rings (SSSR count). The first-order valence-corrected chi connectivity index (χ1v) is 7.61. The summed E-state index contributed by atoms with van der Waals surface area (Å²) in [6, 6.07) is 5.31. The molecule has 1 heterocycles. The van der Waals surface area contributed by atoms with Crippen LogP contribution in [0, 0.1) is 5.41 Å². The predicted octanol–water partition coefficient (Wildman–Crippen LogP) is 3.22. The van der Waals surface area contributed by atoms with Crippen LogP contribution in [0.4, 0.5) is 0 Å². The fourth-order valence-electron chi connectivity index (χ4n) is 2.27. The van der Waals surface area contributed by atoms with Crippen LogP contribution in [-0.4, -0.2) is 25.5 Å². The molecule has 0 saturated carbocycles. The van der Waals surface area contributed by atoms with E-state index in [4.69, 9.17) is 11.6 Å². The average molecular weight is 346 g/mol. The zero-order valence-electron chi connectivity index (χ0n) is 10.9. The number of carbonyl (C=O) groups excluding carboxylic acids is 1. The molecular weight excluding hydrogens is 328 g/mol. The van der Waals surface area contributed by atoms with E-state index in [1.54, 1.807) is 12.1 Å². The van der Waals surface area contributed by atoms with E-state index in [-0.39, 0.29) is 11.3 Å². The van der Waals surface area contributed by atoms with E-state index in [2.05, 4.69) is 33.5 Å². The molecule has 3 nitrogen and oxygen atoms in total. The fraction of sp³-hybridized carbons (Fsp3) is 0.500. The molecule has 5 heteroatoms. The molecule has 1 fully saturated rings. The first kappa shape index (κ1) is 14.8. The third-order valence-electron chi connectivity index (χ3n) is 3.66. The van der Waals surface area contributed by atoms with Gasteiger partial charge >= 0.3 is 0 Å². The summed E-state index contributed by atoms with van der Waals surface area (Å²) in [6.45, 7) is 4.95. The minimum atomic E-state index is -0.0998. The Balaban J connectivity index is 1.97. The zero-order chi connectivity index (χ0) is 13.9. The second-order valence-corrected chi connectivity index (χ2v) is 6.69. The molecule has 0 unspecified atom stereocenters. The van der Waals surface area contributed by atoms with Gasteiger partial charge in [0, 0.05) is 11.0 Å². The molecule has 2 N–H and O–H groups in total. The van der Waals surface area contributed by atoms with Gasteiger partial charge in [-0.05, 0) is 49.5 Å². The van der Waals surface area contributed by atoms with Gasteiger partial charge in [0.1, 0.15) is 0 Å². The number of carbonyl (C=O) groups is 1. The van der Waals surface area contributed by atoms with Crippen LogP contribution in [0.1, 0.15) is 30.1 Å². The van der Waals surface area contributed by atoms with Crippen molar-refractivity contribution in [1.82, 2.24) is 10.6 Å². The topological polar surface area (TPSA) is 41.1 Å². The van der Waals surface area contributed by atoms with Gasteiger partial charge in [0.05, 0.1) is 10.6 Å². The van der Waals surface area contributed by atoms with Crippen LogP contribution in [0.2, 0.25) is 5.02 Å². The van der Waals surface area contributed by atoms with E-state index >= 15 is 0 Å². The van der Waals surface area contributed by atoms with Crippen LogP contribution >= 0.6 is 27.5 Å². The highest BCUT2D eigenvalue weighted by atomic mass is 79.9. The van der Waals surface area contributed by atoms with Crippen molar-refractivity contribution < 1.29 is 4.79 Å². The third-order valence-corrected chi connectivity index (χ3v) is 4.47. The van der Waals surface area contributed by atoms with E-state index in [1.165, 1.54) is 0 Å². The molecule has 0 bridgehead atoms. The summed E-state index contributed by atoms with van der Waals surface area (Å²) in [5.41, 5.74) is 0.713. The Morgan fingerprint density at radius 2 is 2.16 bits per heavy atom. The summed E-state index contributed by atoms with van der Waals surface area (Å²) in [5, 5.41) is 6.81. The zero-order valence-corrected chi connectivity index (χ0v) is 13.3. The number of amides is 1. The SMILES string of the molecule is CC1(CNC(=O)c2ccc(Br)cc2Cl)CCNCC1. The maximum atomic E-state index is 12.1. The second-order valence-electron chi connectivity index (χ2n) is 5.37. The number of nitrogens with one attached hydrogen (secondary N) is 2. The largest absolute Gasteiger partial charge is 0.351 e. The fourth-order valence-corrected chi connectivity index (χ4v) is 3.03. The number of benzene rings is 1. The molecule has 1 aliphatic rings. The van der Waals surface area contributed by atoms with Crippen molar-refractivity contribution in [2.75, 3.05) is 19.6 Å². The lowest BCUT2D eigenvalue weighted by Gasteiger charge is -2.34. The van der Waals surface area contributed by atoms with Gasteiger partial charge in [0.15, 0.2) is 0 Å². The third kappa shape index (κ3) is 3.94. The van der Waals surface area contributed by atoms with Crippen molar-refractivity contribution in [3.05, 3.63) is 33.3 Å². The molecule has 1 aromatic rings. The van der Waals surface area contributed by atoms with Gasteiger partial charge in [0.2, 0.25) is 0 Å². The average Bonchev–Trinajstić information content (AvgIpc) is 2.37. The molecule has 0 aromatic heterocycles. The standard InChI is InChI=1S/C14H18BrClN2O/c1-14(4-6-17-7-5-14)9-18-13(19)11-3-2-10(15)8-12(11)16/h2-3,8,17H,4-7,9H2,1H3,(H,18,19). The van der Waals surface area contributed by atoms with E-state index < -0.39 is 0 Å². The van der Waals surface area contributed by atoms with Gasteiger partial charge in [0.25, 0.3) is 5.91 Å². The molecule has 19 heavy (non-hydrogen) atoms. The van der Waals surface area contributed by atoms with Crippen LogP contribution in [-0.2, 0) is 0 Å². The highest BCUT2D eigenvalue weighted by Gasteiger charge is 2.27. The molecule has 1 aliphatic heterocycles. The van der Waals surface area contributed by atoms with Crippen LogP contribution in [0.5, 0.6) is 0 Å². The second kappa shape index (κ2) is 6.25. The molecule has 104 valence electrons. The van der Waals surface area contributed by atoms with Crippen molar-refractivity contribution in [2.24, 2.45) is 5.41 Å². The molecular formula is C14H18BrClN2O. The van der Waals surface area contributed by atoms with Crippen molar-refractivity contribution in [2.45, 2.75) is 19.8 Å². The lowest BCUT2D eigenvalue weighted by Crippen LogP contribution is -2.42. The Hall–Kier alpha value is -0.580. The molecule has 0 aliphatic carbocycles. The molecule has 0 radical (unpaired) electrons. The van der Waals surface area contributed by atoms with Crippen molar-refractivity contribution >= 4 is 33.4 Å². The van der Waals surface area contributed by atoms with Crippen molar-refractivity contribution in [3.63, 3.8) is 0 Å². The molecule has 1 amide bonds. The van der Waals surface area contributed by atoms with Crippen molar-refractivity contribution in [3.8, 4) is 0 Å². The molecule has 0 atom stereocenters. The number of halogens is 2. The van der Waals surface area contributed by atoms with E-state index in [0.29, 0.717) is 17.1 Å². The minimum absolute atomic E-state index is 0.0998. The Morgan fingerprint density at radius 1 is 1.47 bits per heavy atom. The molecule has 1 aromatic carbocycles. The maximum Gasteiger partial charge on any atom is 0.252 e. The summed E-state index contributed by atoms with van der Waals surface area (Å²) < 4.78 is 0.874. The van der Waals surface area contributed by atoms with E-state index in [0.717, 1.165) is 30.4 Å². The number of hydrogen-bond donors (Lipinski definition) is 2. The van der Waals surface area contributed by atoms with Gasteiger partial charge < -0.3 is 10.6 Å². The first-order chi connectivity index (χ1) is 9.00. The normalized spacial score (nSPS) is 18.1.